The summed E-state index contributed by atoms with van der Waals surface area (Å²) in [6, 6.07) is 3.37. The number of nitrogens with two attached hydrogens (primary N) is 1. The highest BCUT2D eigenvalue weighted by Crippen LogP contribution is 2.16. The van der Waals surface area contributed by atoms with E-state index < -0.39 is 0 Å². The lowest BCUT2D eigenvalue weighted by molar-refractivity contribution is 0.662. The molecule has 0 fully saturated rings. The minimum Gasteiger partial charge on any atom is -0.308 e. The first-order valence-electron chi connectivity index (χ1n) is 5.53. The third kappa shape index (κ3) is 2.39. The highest BCUT2D eigenvalue weighted by Gasteiger charge is 2.07. The summed E-state index contributed by atoms with van der Waals surface area (Å²) in [7, 11) is 0. The normalized spacial score (nSPS) is 10.6. The van der Waals surface area contributed by atoms with Gasteiger partial charge >= 0.3 is 5.69 Å². The number of nitrogens with one attached hydrogen (secondary N) is 1. The van der Waals surface area contributed by atoms with Crippen LogP contribution in [-0.2, 0) is 13.1 Å². The van der Waals surface area contributed by atoms with Gasteiger partial charge in [0, 0.05) is 18.9 Å². The number of rotatable bonds is 4. The number of nitrogen functional groups attached to an aromatic ring is 1. The molecule has 0 spiro atoms. The number of halogens is 1. The fraction of sp³-hybridized carbons (Fsp3) is 0.273. The van der Waals surface area contributed by atoms with Crippen LogP contribution < -0.4 is 17.0 Å². The molecule has 0 saturated heterocycles. The molecule has 0 atom stereocenters. The van der Waals surface area contributed by atoms with Crippen molar-refractivity contribution in [1.29, 1.82) is 0 Å². The topological polar surface area (TPSA) is 77.9 Å². The van der Waals surface area contributed by atoms with Crippen molar-refractivity contribution in [3.63, 3.8) is 0 Å². The fourth-order valence-corrected chi connectivity index (χ4v) is 1.82. The summed E-state index contributed by atoms with van der Waals surface area (Å²) in [5.74, 6) is 5.80. The van der Waals surface area contributed by atoms with Gasteiger partial charge in [-0.15, -0.1) is 0 Å². The molecule has 96 valence electrons. The number of pyridine rings is 1. The van der Waals surface area contributed by atoms with E-state index in [-0.39, 0.29) is 5.69 Å². The number of nitrogens with zero attached hydrogens (tertiary/aromatic N) is 3. The number of hydrogen-bond donors (Lipinski definition) is 2. The molecule has 0 saturated carbocycles. The Balaban J connectivity index is 2.33. The molecule has 0 bridgehead atoms. The third-order valence-electron chi connectivity index (χ3n) is 2.65. The Morgan fingerprint density at radius 2 is 2.11 bits per heavy atom. The number of hydrogen-bond acceptors (Lipinski definition) is 4. The SMILES string of the molecule is CCn1ccn(Cc2nc(NN)ccc2Cl)c1=O. The van der Waals surface area contributed by atoms with Gasteiger partial charge in [0.05, 0.1) is 17.3 Å². The van der Waals surface area contributed by atoms with Gasteiger partial charge in [0.25, 0.3) is 0 Å². The van der Waals surface area contributed by atoms with Gasteiger partial charge in [0.15, 0.2) is 0 Å². The zero-order valence-corrected chi connectivity index (χ0v) is 10.7. The number of imidazole rings is 1. The Labute approximate surface area is 109 Å². The second-order valence-electron chi connectivity index (χ2n) is 3.76. The fourth-order valence-electron chi connectivity index (χ4n) is 1.65. The van der Waals surface area contributed by atoms with Crippen LogP contribution in [0.25, 0.3) is 0 Å². The molecule has 0 amide bonds. The number of anilines is 1. The first-order chi connectivity index (χ1) is 8.65. The molecule has 0 radical (unpaired) electrons. The summed E-state index contributed by atoms with van der Waals surface area (Å²) >= 11 is 6.04. The molecule has 0 aliphatic heterocycles. The van der Waals surface area contributed by atoms with Crippen LogP contribution in [0, 0.1) is 0 Å². The first-order valence-corrected chi connectivity index (χ1v) is 5.91. The molecule has 7 heteroatoms. The van der Waals surface area contributed by atoms with Gasteiger partial charge in [-0.25, -0.2) is 15.6 Å². The molecule has 0 aliphatic carbocycles. The van der Waals surface area contributed by atoms with Crippen molar-refractivity contribution < 1.29 is 0 Å². The molecule has 2 rings (SSSR count). The average molecular weight is 268 g/mol. The quantitative estimate of drug-likeness (QED) is 0.641. The second-order valence-corrected chi connectivity index (χ2v) is 4.17. The van der Waals surface area contributed by atoms with E-state index in [1.807, 2.05) is 6.92 Å². The van der Waals surface area contributed by atoms with E-state index in [1.54, 1.807) is 33.7 Å². The molecular formula is C11H14ClN5O. The van der Waals surface area contributed by atoms with Gasteiger partial charge in [-0.1, -0.05) is 11.6 Å². The van der Waals surface area contributed by atoms with Crippen LogP contribution >= 0.6 is 11.6 Å². The summed E-state index contributed by atoms with van der Waals surface area (Å²) in [5, 5.41) is 0.505. The predicted molar refractivity (Wildman–Crippen MR) is 70.5 cm³/mol. The molecule has 2 aromatic rings. The van der Waals surface area contributed by atoms with Crippen molar-refractivity contribution in [2.75, 3.05) is 5.43 Å². The number of aryl methyl sites for hydroxylation is 1. The van der Waals surface area contributed by atoms with Crippen LogP contribution in [0.3, 0.4) is 0 Å². The molecule has 3 N–H and O–H groups in total. The molecule has 6 nitrogen and oxygen atoms in total. The van der Waals surface area contributed by atoms with Crippen molar-refractivity contribution in [3.8, 4) is 0 Å². The lowest BCUT2D eigenvalue weighted by atomic mass is 10.3. The molecule has 0 aliphatic rings. The summed E-state index contributed by atoms with van der Waals surface area (Å²) in [6.45, 7) is 2.87. The standard InChI is InChI=1S/C11H14ClN5O/c1-2-16-5-6-17(11(16)18)7-9-8(12)3-4-10(14-9)15-13/h3-6H,2,7,13H2,1H3,(H,14,15). The van der Waals surface area contributed by atoms with Gasteiger partial charge in [0.2, 0.25) is 0 Å². The maximum Gasteiger partial charge on any atom is 0.328 e. The van der Waals surface area contributed by atoms with Crippen LogP contribution in [0.15, 0.2) is 29.3 Å². The molecule has 18 heavy (non-hydrogen) atoms. The Morgan fingerprint density at radius 3 is 2.72 bits per heavy atom. The van der Waals surface area contributed by atoms with Gasteiger partial charge < -0.3 is 5.43 Å². The molecular weight excluding hydrogens is 254 g/mol. The second kappa shape index (κ2) is 5.24. The first kappa shape index (κ1) is 12.7. The lowest BCUT2D eigenvalue weighted by Gasteiger charge is -2.06. The Morgan fingerprint density at radius 1 is 1.39 bits per heavy atom. The van der Waals surface area contributed by atoms with E-state index in [4.69, 9.17) is 17.4 Å². The predicted octanol–water partition coefficient (Wildman–Crippen LogP) is 1.05. The van der Waals surface area contributed by atoms with Crippen molar-refractivity contribution >= 4 is 17.4 Å². The van der Waals surface area contributed by atoms with Crippen molar-refractivity contribution in [1.82, 2.24) is 14.1 Å². The van der Waals surface area contributed by atoms with Gasteiger partial charge in [-0.2, -0.15) is 0 Å². The van der Waals surface area contributed by atoms with Crippen LogP contribution in [0.5, 0.6) is 0 Å². The molecule has 2 aromatic heterocycles. The summed E-state index contributed by atoms with van der Waals surface area (Å²) in [6.07, 6.45) is 3.45. The summed E-state index contributed by atoms with van der Waals surface area (Å²) in [4.78, 5) is 16.1. The van der Waals surface area contributed by atoms with Crippen molar-refractivity contribution in [2.45, 2.75) is 20.0 Å². The largest absolute Gasteiger partial charge is 0.328 e. The van der Waals surface area contributed by atoms with Crippen LogP contribution in [0.2, 0.25) is 5.02 Å². The van der Waals surface area contributed by atoms with Crippen molar-refractivity contribution in [2.24, 2.45) is 5.84 Å². The Hall–Kier alpha value is -1.79. The summed E-state index contributed by atoms with van der Waals surface area (Å²) in [5.41, 5.74) is 2.97. The Kier molecular flexibility index (Phi) is 3.69. The third-order valence-corrected chi connectivity index (χ3v) is 2.99. The van der Waals surface area contributed by atoms with Crippen molar-refractivity contribution in [3.05, 3.63) is 45.7 Å². The van der Waals surface area contributed by atoms with E-state index in [9.17, 15) is 4.79 Å². The van der Waals surface area contributed by atoms with Gasteiger partial charge in [-0.3, -0.25) is 9.13 Å². The number of aromatic nitrogens is 3. The van der Waals surface area contributed by atoms with Gasteiger partial charge in [0.1, 0.15) is 5.82 Å². The van der Waals surface area contributed by atoms with E-state index in [0.29, 0.717) is 29.6 Å². The highest BCUT2D eigenvalue weighted by atomic mass is 35.5. The van der Waals surface area contributed by atoms with E-state index in [0.717, 1.165) is 0 Å². The molecule has 2 heterocycles. The minimum absolute atomic E-state index is 0.0820. The average Bonchev–Trinajstić information content (AvgIpc) is 2.73. The maximum atomic E-state index is 11.9. The van der Waals surface area contributed by atoms with Crippen LogP contribution in [-0.4, -0.2) is 14.1 Å². The lowest BCUT2D eigenvalue weighted by Crippen LogP contribution is -2.24. The van der Waals surface area contributed by atoms with Crippen LogP contribution in [0.1, 0.15) is 12.6 Å². The summed E-state index contributed by atoms with van der Waals surface area (Å²) < 4.78 is 3.16. The zero-order chi connectivity index (χ0) is 13.1. The zero-order valence-electron chi connectivity index (χ0n) is 9.93. The van der Waals surface area contributed by atoms with E-state index >= 15 is 0 Å². The maximum absolute atomic E-state index is 11.9. The molecule has 0 unspecified atom stereocenters. The van der Waals surface area contributed by atoms with E-state index in [2.05, 4.69) is 10.4 Å². The molecule has 0 aromatic carbocycles. The minimum atomic E-state index is -0.0820. The monoisotopic (exact) mass is 267 g/mol. The number of hydrazine groups is 1. The van der Waals surface area contributed by atoms with Crippen LogP contribution in [0.4, 0.5) is 5.82 Å². The van der Waals surface area contributed by atoms with E-state index in [1.165, 1.54) is 0 Å². The van der Waals surface area contributed by atoms with Gasteiger partial charge in [-0.05, 0) is 19.1 Å². The Bertz CT molecular complexity index is 604. The smallest absolute Gasteiger partial charge is 0.308 e. The highest BCUT2D eigenvalue weighted by molar-refractivity contribution is 6.31.